The fraction of sp³-hybridized carbons (Fsp3) is 0.136. The van der Waals surface area contributed by atoms with Crippen molar-refractivity contribution in [3.05, 3.63) is 88.3 Å². The van der Waals surface area contributed by atoms with Crippen LogP contribution in [0.3, 0.4) is 0 Å². The summed E-state index contributed by atoms with van der Waals surface area (Å²) in [6.45, 7) is 3.51. The molecule has 0 aliphatic heterocycles. The molecule has 5 nitrogen and oxygen atoms in total. The van der Waals surface area contributed by atoms with Crippen LogP contribution in [0.25, 0.3) is 0 Å². The van der Waals surface area contributed by atoms with Crippen molar-refractivity contribution in [3.63, 3.8) is 0 Å². The van der Waals surface area contributed by atoms with Gasteiger partial charge in [-0.15, -0.1) is 0 Å². The Morgan fingerprint density at radius 3 is 2.38 bits per heavy atom. The highest BCUT2D eigenvalue weighted by molar-refractivity contribution is 9.10. The van der Waals surface area contributed by atoms with Crippen LogP contribution in [0.4, 0.5) is 15.9 Å². The van der Waals surface area contributed by atoms with Crippen LogP contribution in [0.2, 0.25) is 0 Å². The molecule has 0 saturated carbocycles. The third kappa shape index (κ3) is 5.06. The number of carbonyl (C=O) groups is 2. The molecule has 0 fully saturated rings. The van der Waals surface area contributed by atoms with Crippen molar-refractivity contribution in [1.82, 2.24) is 4.98 Å². The average Bonchev–Trinajstić information content (AvgIpc) is 2.70. The van der Waals surface area contributed by atoms with Gasteiger partial charge in [0.05, 0.1) is 5.41 Å². The predicted octanol–water partition coefficient (Wildman–Crippen LogP) is 5.15. The topological polar surface area (TPSA) is 71.1 Å². The lowest BCUT2D eigenvalue weighted by atomic mass is 9.83. The number of hydrogen-bond acceptors (Lipinski definition) is 3. The van der Waals surface area contributed by atoms with Crippen LogP contribution in [0.5, 0.6) is 0 Å². The maximum Gasteiger partial charge on any atom is 0.256 e. The molecule has 0 saturated heterocycles. The molecule has 0 unspecified atom stereocenters. The number of rotatable bonds is 5. The van der Waals surface area contributed by atoms with Gasteiger partial charge in [0, 0.05) is 21.9 Å². The van der Waals surface area contributed by atoms with E-state index in [2.05, 4.69) is 31.5 Å². The van der Waals surface area contributed by atoms with Crippen LogP contribution < -0.4 is 10.6 Å². The van der Waals surface area contributed by atoms with Gasteiger partial charge in [-0.3, -0.25) is 9.59 Å². The number of anilines is 2. The van der Waals surface area contributed by atoms with Crippen molar-refractivity contribution in [3.8, 4) is 0 Å². The molecule has 2 N–H and O–H groups in total. The van der Waals surface area contributed by atoms with Crippen LogP contribution in [0.1, 0.15) is 29.8 Å². The normalized spacial score (nSPS) is 11.0. The highest BCUT2D eigenvalue weighted by Crippen LogP contribution is 2.26. The van der Waals surface area contributed by atoms with Gasteiger partial charge in [0.1, 0.15) is 11.6 Å². The second kappa shape index (κ2) is 8.53. The quantitative estimate of drug-likeness (QED) is 0.558. The lowest BCUT2D eigenvalue weighted by Crippen LogP contribution is -2.34. The first kappa shape index (κ1) is 20.7. The summed E-state index contributed by atoms with van der Waals surface area (Å²) in [6.07, 6.45) is 1.59. The molecule has 3 rings (SSSR count). The molecule has 7 heteroatoms. The van der Waals surface area contributed by atoms with Crippen molar-refractivity contribution < 1.29 is 14.0 Å². The third-order valence-corrected chi connectivity index (χ3v) is 4.95. The van der Waals surface area contributed by atoms with Gasteiger partial charge in [-0.2, -0.15) is 0 Å². The van der Waals surface area contributed by atoms with E-state index >= 15 is 0 Å². The second-order valence-electron chi connectivity index (χ2n) is 6.98. The highest BCUT2D eigenvalue weighted by Gasteiger charge is 2.30. The minimum Gasteiger partial charge on any atom is -0.325 e. The van der Waals surface area contributed by atoms with Crippen LogP contribution in [-0.4, -0.2) is 16.8 Å². The summed E-state index contributed by atoms with van der Waals surface area (Å²) in [5, 5.41) is 5.54. The van der Waals surface area contributed by atoms with Crippen LogP contribution in [-0.2, 0) is 10.2 Å². The van der Waals surface area contributed by atoms with E-state index in [0.717, 1.165) is 4.47 Å². The summed E-state index contributed by atoms with van der Waals surface area (Å²) in [4.78, 5) is 29.4. The Morgan fingerprint density at radius 1 is 1.00 bits per heavy atom. The molecule has 1 aromatic heterocycles. The zero-order valence-electron chi connectivity index (χ0n) is 15.9. The van der Waals surface area contributed by atoms with Crippen molar-refractivity contribution >= 4 is 39.2 Å². The average molecular weight is 456 g/mol. The monoisotopic (exact) mass is 455 g/mol. The van der Waals surface area contributed by atoms with Crippen LogP contribution >= 0.6 is 15.9 Å². The Balaban J connectivity index is 1.73. The summed E-state index contributed by atoms with van der Waals surface area (Å²) < 4.78 is 14.0. The van der Waals surface area contributed by atoms with E-state index in [4.69, 9.17) is 0 Å². The Hall–Kier alpha value is -3.06. The Bertz CT molecular complexity index is 1030. The predicted molar refractivity (Wildman–Crippen MR) is 114 cm³/mol. The fourth-order valence-corrected chi connectivity index (χ4v) is 2.90. The summed E-state index contributed by atoms with van der Waals surface area (Å²) in [6, 6.07) is 15.9. The van der Waals surface area contributed by atoms with Gasteiger partial charge in [-0.1, -0.05) is 18.2 Å². The number of carbonyl (C=O) groups excluding carboxylic acids is 2. The van der Waals surface area contributed by atoms with E-state index in [1.807, 2.05) is 0 Å². The van der Waals surface area contributed by atoms with Gasteiger partial charge in [-0.05, 0) is 77.8 Å². The third-order valence-electron chi connectivity index (χ3n) is 4.49. The number of amides is 2. The zero-order valence-corrected chi connectivity index (χ0v) is 17.5. The largest absolute Gasteiger partial charge is 0.325 e. The maximum absolute atomic E-state index is 13.2. The number of nitrogens with zero attached hydrogens (tertiary/aromatic N) is 1. The molecular weight excluding hydrogens is 437 g/mol. The summed E-state index contributed by atoms with van der Waals surface area (Å²) in [7, 11) is 0. The molecule has 0 aliphatic carbocycles. The first-order valence-electron chi connectivity index (χ1n) is 8.86. The second-order valence-corrected chi connectivity index (χ2v) is 7.90. The molecular formula is C22H19BrFN3O2. The molecule has 0 radical (unpaired) electrons. The lowest BCUT2D eigenvalue weighted by molar-refractivity contribution is -0.120. The Kier molecular flexibility index (Phi) is 6.08. The van der Waals surface area contributed by atoms with Gasteiger partial charge in [-0.25, -0.2) is 9.37 Å². The molecule has 0 spiro atoms. The first-order chi connectivity index (χ1) is 13.8. The summed E-state index contributed by atoms with van der Waals surface area (Å²) in [5.41, 5.74) is 0.674. The molecule has 0 aliphatic rings. The molecule has 148 valence electrons. The lowest BCUT2D eigenvalue weighted by Gasteiger charge is -2.24. The van der Waals surface area contributed by atoms with E-state index in [1.54, 1.807) is 68.6 Å². The minimum atomic E-state index is -0.882. The number of nitrogens with one attached hydrogen (secondary N) is 2. The summed E-state index contributed by atoms with van der Waals surface area (Å²) in [5.74, 6) is -0.543. The van der Waals surface area contributed by atoms with Crippen molar-refractivity contribution in [2.75, 3.05) is 10.6 Å². The Labute approximate surface area is 176 Å². The SMILES string of the molecule is CC(C)(C(=O)Nc1cccc(C(=O)Nc2ccc(Br)cn2)c1)c1ccc(F)cc1. The standard InChI is InChI=1S/C22H19BrFN3O2/c1-22(2,15-6-9-17(24)10-7-15)21(29)26-18-5-3-4-14(12-18)20(28)27-19-11-8-16(23)13-25-19/h3-13H,1-2H3,(H,26,29)(H,25,27,28). The fourth-order valence-electron chi connectivity index (χ4n) is 2.66. The zero-order chi connectivity index (χ0) is 21.0. The first-order valence-corrected chi connectivity index (χ1v) is 9.65. The summed E-state index contributed by atoms with van der Waals surface area (Å²) >= 11 is 3.29. The molecule has 2 amide bonds. The number of benzene rings is 2. The smallest absolute Gasteiger partial charge is 0.256 e. The Morgan fingerprint density at radius 2 is 1.72 bits per heavy atom. The van der Waals surface area contributed by atoms with Gasteiger partial charge < -0.3 is 10.6 Å². The van der Waals surface area contributed by atoms with E-state index in [-0.39, 0.29) is 17.6 Å². The van der Waals surface area contributed by atoms with Crippen LogP contribution in [0.15, 0.2) is 71.3 Å². The van der Waals surface area contributed by atoms with E-state index < -0.39 is 5.41 Å². The number of hydrogen-bond donors (Lipinski definition) is 2. The molecule has 3 aromatic rings. The van der Waals surface area contributed by atoms with Crippen molar-refractivity contribution in [1.29, 1.82) is 0 Å². The number of aromatic nitrogens is 1. The van der Waals surface area contributed by atoms with Gasteiger partial charge in [0.15, 0.2) is 0 Å². The van der Waals surface area contributed by atoms with Gasteiger partial charge in [0.2, 0.25) is 5.91 Å². The highest BCUT2D eigenvalue weighted by atomic mass is 79.9. The number of halogens is 2. The number of pyridine rings is 1. The minimum absolute atomic E-state index is 0.267. The molecule has 2 aromatic carbocycles. The van der Waals surface area contributed by atoms with Crippen molar-refractivity contribution in [2.45, 2.75) is 19.3 Å². The van der Waals surface area contributed by atoms with Crippen molar-refractivity contribution in [2.24, 2.45) is 0 Å². The molecule has 0 bridgehead atoms. The maximum atomic E-state index is 13.2. The van der Waals surface area contributed by atoms with Gasteiger partial charge >= 0.3 is 0 Å². The molecule has 29 heavy (non-hydrogen) atoms. The van der Waals surface area contributed by atoms with E-state index in [0.29, 0.717) is 22.6 Å². The molecule has 0 atom stereocenters. The van der Waals surface area contributed by atoms with E-state index in [1.165, 1.54) is 12.1 Å². The van der Waals surface area contributed by atoms with Gasteiger partial charge in [0.25, 0.3) is 5.91 Å². The van der Waals surface area contributed by atoms with E-state index in [9.17, 15) is 14.0 Å². The van der Waals surface area contributed by atoms with Crippen LogP contribution in [0, 0.1) is 5.82 Å². The molecule has 1 heterocycles.